The van der Waals surface area contributed by atoms with Crippen LogP contribution in [0.4, 0.5) is 27.8 Å². The Labute approximate surface area is 213 Å². The first-order chi connectivity index (χ1) is 17.5. The number of carbonyl (C=O) groups is 1. The first-order valence-corrected chi connectivity index (χ1v) is 11.4. The van der Waals surface area contributed by atoms with Crippen molar-refractivity contribution in [3.63, 3.8) is 0 Å². The molecule has 0 radical (unpaired) electrons. The van der Waals surface area contributed by atoms with Crippen LogP contribution in [0.1, 0.15) is 27.4 Å². The van der Waals surface area contributed by atoms with Gasteiger partial charge >= 0.3 is 6.18 Å². The molecule has 6 nitrogen and oxygen atoms in total. The number of pyridine rings is 1. The van der Waals surface area contributed by atoms with E-state index in [4.69, 9.17) is 16.3 Å². The van der Waals surface area contributed by atoms with Crippen molar-refractivity contribution in [3.05, 3.63) is 88.1 Å². The number of hydrogen-bond acceptors (Lipinski definition) is 5. The molecule has 0 aliphatic carbocycles. The summed E-state index contributed by atoms with van der Waals surface area (Å²) < 4.78 is 76.0. The van der Waals surface area contributed by atoms with E-state index in [1.54, 1.807) is 0 Å². The van der Waals surface area contributed by atoms with Gasteiger partial charge in [0.1, 0.15) is 29.4 Å². The van der Waals surface area contributed by atoms with Crippen LogP contribution in [0.2, 0.25) is 5.02 Å². The monoisotopic (exact) mass is 541 g/mol. The minimum absolute atomic E-state index is 0.0918. The van der Waals surface area contributed by atoms with Gasteiger partial charge in [-0.05, 0) is 36.4 Å². The Bertz CT molecular complexity index is 1270. The van der Waals surface area contributed by atoms with Gasteiger partial charge in [-0.3, -0.25) is 4.79 Å². The molecule has 2 heterocycles. The number of amides is 1. The van der Waals surface area contributed by atoms with Crippen LogP contribution in [0.5, 0.6) is 5.75 Å². The predicted octanol–water partition coefficient (Wildman–Crippen LogP) is 5.01. The molecule has 1 fully saturated rings. The van der Waals surface area contributed by atoms with Crippen molar-refractivity contribution < 1.29 is 36.6 Å². The Morgan fingerprint density at radius 2 is 1.84 bits per heavy atom. The maximum atomic E-state index is 15.0. The van der Waals surface area contributed by atoms with E-state index >= 15 is 8.78 Å². The van der Waals surface area contributed by atoms with Gasteiger partial charge in [-0.15, -0.1) is 0 Å². The maximum absolute atomic E-state index is 15.0. The van der Waals surface area contributed by atoms with Crippen molar-refractivity contribution in [2.24, 2.45) is 5.92 Å². The van der Waals surface area contributed by atoms with Crippen LogP contribution in [-0.2, 0) is 6.18 Å². The lowest BCUT2D eigenvalue weighted by atomic mass is 9.87. The van der Waals surface area contributed by atoms with Crippen molar-refractivity contribution in [1.29, 1.82) is 0 Å². The molecular formula is C25H21ClF5N3O3. The lowest BCUT2D eigenvalue weighted by Gasteiger charge is -2.27. The molecule has 1 aliphatic heterocycles. The summed E-state index contributed by atoms with van der Waals surface area (Å²) >= 11 is 5.84. The first kappa shape index (κ1) is 26.6. The topological polar surface area (TPSA) is 74.7 Å². The summed E-state index contributed by atoms with van der Waals surface area (Å²) in [6.07, 6.45) is -5.33. The highest BCUT2D eigenvalue weighted by Gasteiger charge is 2.47. The molecule has 2 unspecified atom stereocenters. The quantitative estimate of drug-likeness (QED) is 0.429. The molecule has 0 bridgehead atoms. The fourth-order valence-electron chi connectivity index (χ4n) is 4.45. The molecule has 1 aliphatic rings. The van der Waals surface area contributed by atoms with Crippen LogP contribution in [0, 0.1) is 17.6 Å². The number of rotatable bonds is 6. The Morgan fingerprint density at radius 1 is 1.19 bits per heavy atom. The summed E-state index contributed by atoms with van der Waals surface area (Å²) in [6.45, 7) is -0.703. The average Bonchev–Trinajstić information content (AvgIpc) is 3.17. The molecule has 2 aromatic carbocycles. The smallest absolute Gasteiger partial charge is 0.419 e. The standard InChI is InChI=1S/C25H21ClF5N3O3/c1-37-15-9-19(27)21(20(28)10-15)17-12-34(22-18(25(29,30)31)3-2-8-32-22)24(36)16(17)11-33-23(35)13-4-6-14(26)7-5-13/h2-10,16-17,24,36H,11-12H2,1H3,(H,33,35)/t16?,17-,24?/m1/s1. The highest BCUT2D eigenvalue weighted by molar-refractivity contribution is 6.30. The third kappa shape index (κ3) is 5.47. The van der Waals surface area contributed by atoms with Crippen LogP contribution in [0.3, 0.4) is 0 Å². The van der Waals surface area contributed by atoms with Crippen LogP contribution in [0.15, 0.2) is 54.7 Å². The third-order valence-corrected chi connectivity index (χ3v) is 6.49. The van der Waals surface area contributed by atoms with E-state index in [0.717, 1.165) is 35.4 Å². The van der Waals surface area contributed by atoms with E-state index in [2.05, 4.69) is 10.3 Å². The first-order valence-electron chi connectivity index (χ1n) is 11.0. The number of aliphatic hydroxyl groups excluding tert-OH is 1. The number of aliphatic hydroxyl groups is 1. The second kappa shape index (κ2) is 10.5. The molecule has 196 valence electrons. The van der Waals surface area contributed by atoms with E-state index in [-0.39, 0.29) is 17.9 Å². The number of alkyl halides is 3. The lowest BCUT2D eigenvalue weighted by Crippen LogP contribution is -2.39. The molecule has 1 aromatic heterocycles. The molecule has 3 atom stereocenters. The summed E-state index contributed by atoms with van der Waals surface area (Å²) in [5, 5.41) is 14.1. The Morgan fingerprint density at radius 3 is 2.43 bits per heavy atom. The fraction of sp³-hybridized carbons (Fsp3) is 0.280. The number of methoxy groups -OCH3 is 1. The van der Waals surface area contributed by atoms with Crippen LogP contribution in [-0.4, -0.2) is 42.4 Å². The van der Waals surface area contributed by atoms with Gasteiger partial charge in [0.15, 0.2) is 0 Å². The molecule has 2 N–H and O–H groups in total. The molecule has 4 rings (SSSR count). The van der Waals surface area contributed by atoms with Crippen LogP contribution in [0.25, 0.3) is 0 Å². The number of nitrogens with zero attached hydrogens (tertiary/aromatic N) is 2. The minimum atomic E-state index is -4.80. The fourth-order valence-corrected chi connectivity index (χ4v) is 4.58. The number of anilines is 1. The summed E-state index contributed by atoms with van der Waals surface area (Å²) in [7, 11) is 1.23. The molecule has 12 heteroatoms. The van der Waals surface area contributed by atoms with Crippen molar-refractivity contribution in [3.8, 4) is 5.75 Å². The molecular weight excluding hydrogens is 521 g/mol. The highest BCUT2D eigenvalue weighted by Crippen LogP contribution is 2.44. The van der Waals surface area contributed by atoms with Crippen molar-refractivity contribution >= 4 is 23.3 Å². The Kier molecular flexibility index (Phi) is 7.56. The SMILES string of the molecule is COc1cc(F)c([C@@H]2CN(c3ncccc3C(F)(F)F)C(O)C2CNC(=O)c2ccc(Cl)cc2)c(F)c1. The van der Waals surface area contributed by atoms with E-state index in [1.807, 2.05) is 0 Å². The van der Waals surface area contributed by atoms with Gasteiger partial charge in [0, 0.05) is 59.4 Å². The van der Waals surface area contributed by atoms with Gasteiger partial charge in [-0.25, -0.2) is 13.8 Å². The van der Waals surface area contributed by atoms with Crippen LogP contribution >= 0.6 is 11.6 Å². The normalized spacial score (nSPS) is 19.7. The second-order valence-corrected chi connectivity index (χ2v) is 8.87. The second-order valence-electron chi connectivity index (χ2n) is 8.43. The summed E-state index contributed by atoms with van der Waals surface area (Å²) in [4.78, 5) is 17.4. The molecule has 1 amide bonds. The number of nitrogens with one attached hydrogen (secondary N) is 1. The minimum Gasteiger partial charge on any atom is -0.497 e. The van der Waals surface area contributed by atoms with Gasteiger partial charge in [0.05, 0.1) is 12.7 Å². The van der Waals surface area contributed by atoms with Gasteiger partial charge in [-0.2, -0.15) is 13.2 Å². The summed E-state index contributed by atoms with van der Waals surface area (Å²) in [5.41, 5.74) is -1.33. The summed E-state index contributed by atoms with van der Waals surface area (Å²) in [5.74, 6) is -5.49. The van der Waals surface area contributed by atoms with E-state index < -0.39 is 65.3 Å². The summed E-state index contributed by atoms with van der Waals surface area (Å²) in [6, 6.07) is 9.68. The van der Waals surface area contributed by atoms with Crippen molar-refractivity contribution in [2.45, 2.75) is 18.3 Å². The van der Waals surface area contributed by atoms with Gasteiger partial charge in [-0.1, -0.05) is 11.6 Å². The number of halogens is 6. The number of aromatic nitrogens is 1. The number of carbonyl (C=O) groups excluding carboxylic acids is 1. The lowest BCUT2D eigenvalue weighted by molar-refractivity contribution is -0.137. The Balaban J connectivity index is 1.71. The van der Waals surface area contributed by atoms with Gasteiger partial charge in [0.25, 0.3) is 5.91 Å². The molecule has 1 saturated heterocycles. The molecule has 0 saturated carbocycles. The van der Waals surface area contributed by atoms with E-state index in [9.17, 15) is 23.1 Å². The zero-order chi connectivity index (χ0) is 26.9. The molecule has 37 heavy (non-hydrogen) atoms. The van der Waals surface area contributed by atoms with E-state index in [1.165, 1.54) is 31.4 Å². The number of ether oxygens (including phenoxy) is 1. The van der Waals surface area contributed by atoms with Gasteiger partial charge in [0.2, 0.25) is 0 Å². The van der Waals surface area contributed by atoms with Crippen molar-refractivity contribution in [1.82, 2.24) is 10.3 Å². The average molecular weight is 542 g/mol. The van der Waals surface area contributed by atoms with E-state index in [0.29, 0.717) is 5.02 Å². The predicted molar refractivity (Wildman–Crippen MR) is 126 cm³/mol. The van der Waals surface area contributed by atoms with Gasteiger partial charge < -0.3 is 20.1 Å². The number of benzene rings is 2. The zero-order valence-corrected chi connectivity index (χ0v) is 20.0. The van der Waals surface area contributed by atoms with Crippen molar-refractivity contribution in [2.75, 3.05) is 25.1 Å². The largest absolute Gasteiger partial charge is 0.497 e. The third-order valence-electron chi connectivity index (χ3n) is 6.24. The molecule has 3 aromatic rings. The van der Waals surface area contributed by atoms with Crippen LogP contribution < -0.4 is 15.0 Å². The molecule has 0 spiro atoms. The Hall–Kier alpha value is -3.44. The zero-order valence-electron chi connectivity index (χ0n) is 19.3. The maximum Gasteiger partial charge on any atom is 0.419 e. The number of hydrogen-bond donors (Lipinski definition) is 2. The highest BCUT2D eigenvalue weighted by atomic mass is 35.5.